The molecule has 0 saturated carbocycles. The number of nitrogens with zero attached hydrogens (tertiary/aromatic N) is 3. The van der Waals surface area contributed by atoms with Crippen molar-refractivity contribution in [2.45, 2.75) is 70.8 Å². The molecule has 0 aliphatic rings. The van der Waals surface area contributed by atoms with Gasteiger partial charge in [0.05, 0.1) is 0 Å². The van der Waals surface area contributed by atoms with E-state index in [1.165, 1.54) is 0 Å². The van der Waals surface area contributed by atoms with Crippen molar-refractivity contribution < 1.29 is 9.90 Å². The Morgan fingerprint density at radius 1 is 1.00 bits per heavy atom. The first-order valence-electron chi connectivity index (χ1n) is 9.06. The second-order valence-corrected chi connectivity index (χ2v) is 5.72. The minimum atomic E-state index is -0.728. The number of hydrogen-bond donors (Lipinski definition) is 1. The number of azide groups is 1. The number of hydrogen-bond acceptors (Lipinski definition) is 2. The molecule has 1 unspecified atom stereocenters. The Labute approximate surface area is 151 Å². The Balaban J connectivity index is 3.59. The summed E-state index contributed by atoms with van der Waals surface area (Å²) in [6.07, 6.45) is 24.2. The van der Waals surface area contributed by atoms with Gasteiger partial charge in [0, 0.05) is 17.4 Å². The molecule has 138 valence electrons. The average molecular weight is 345 g/mol. The van der Waals surface area contributed by atoms with Crippen LogP contribution in [0.1, 0.15) is 64.7 Å². The smallest absolute Gasteiger partial charge is 0.303 e. The molecule has 0 saturated heterocycles. The highest BCUT2D eigenvalue weighted by Crippen LogP contribution is 2.07. The predicted molar refractivity (Wildman–Crippen MR) is 104 cm³/mol. The molecule has 5 heteroatoms. The van der Waals surface area contributed by atoms with Gasteiger partial charge in [0.15, 0.2) is 0 Å². The number of carbonyl (C=O) groups is 1. The van der Waals surface area contributed by atoms with Gasteiger partial charge in [-0.15, -0.1) is 0 Å². The zero-order valence-corrected chi connectivity index (χ0v) is 15.3. The zero-order chi connectivity index (χ0) is 18.6. The van der Waals surface area contributed by atoms with E-state index >= 15 is 0 Å². The fraction of sp³-hybridized carbons (Fsp3) is 0.550. The van der Waals surface area contributed by atoms with E-state index in [0.717, 1.165) is 44.9 Å². The minimum Gasteiger partial charge on any atom is -0.481 e. The second kappa shape index (κ2) is 18.1. The summed E-state index contributed by atoms with van der Waals surface area (Å²) in [5.74, 6) is -0.728. The van der Waals surface area contributed by atoms with E-state index in [4.69, 9.17) is 10.6 Å². The molecule has 1 N–H and O–H groups in total. The number of carboxylic acid groups (broad SMARTS) is 1. The quantitative estimate of drug-likeness (QED) is 0.121. The largest absolute Gasteiger partial charge is 0.481 e. The van der Waals surface area contributed by atoms with Gasteiger partial charge in [0.2, 0.25) is 0 Å². The van der Waals surface area contributed by atoms with Gasteiger partial charge in [0.25, 0.3) is 0 Å². The fourth-order valence-corrected chi connectivity index (χ4v) is 2.13. The van der Waals surface area contributed by atoms with Crippen LogP contribution in [0.3, 0.4) is 0 Å². The molecular weight excluding hydrogens is 314 g/mol. The maximum absolute atomic E-state index is 10.3. The molecule has 0 bridgehead atoms. The van der Waals surface area contributed by atoms with Crippen molar-refractivity contribution in [3.63, 3.8) is 0 Å². The van der Waals surface area contributed by atoms with Crippen molar-refractivity contribution >= 4 is 5.97 Å². The van der Waals surface area contributed by atoms with Gasteiger partial charge in [-0.05, 0) is 56.9 Å². The van der Waals surface area contributed by atoms with E-state index in [-0.39, 0.29) is 12.5 Å². The molecule has 0 radical (unpaired) electrons. The summed E-state index contributed by atoms with van der Waals surface area (Å²) in [7, 11) is 0. The molecule has 0 amide bonds. The molecule has 0 aromatic heterocycles. The lowest BCUT2D eigenvalue weighted by Crippen LogP contribution is -1.99. The van der Waals surface area contributed by atoms with Gasteiger partial charge < -0.3 is 5.11 Å². The summed E-state index contributed by atoms with van der Waals surface area (Å²) in [6, 6.07) is 0.113. The zero-order valence-electron chi connectivity index (χ0n) is 15.3. The van der Waals surface area contributed by atoms with Crippen LogP contribution in [0.2, 0.25) is 0 Å². The number of unbranched alkanes of at least 4 members (excludes halogenated alkanes) is 1. The molecule has 0 spiro atoms. The van der Waals surface area contributed by atoms with Crippen LogP contribution < -0.4 is 0 Å². The monoisotopic (exact) mass is 345 g/mol. The molecule has 0 aliphatic heterocycles. The van der Waals surface area contributed by atoms with E-state index in [0.29, 0.717) is 6.42 Å². The Bertz CT molecular complexity index is 501. The normalized spacial score (nSPS) is 13.2. The summed E-state index contributed by atoms with van der Waals surface area (Å²) >= 11 is 0. The highest BCUT2D eigenvalue weighted by atomic mass is 16.4. The Kier molecular flexibility index (Phi) is 16.4. The Morgan fingerprint density at radius 2 is 1.52 bits per heavy atom. The lowest BCUT2D eigenvalue weighted by molar-refractivity contribution is -0.137. The van der Waals surface area contributed by atoms with E-state index in [1.807, 2.05) is 13.0 Å². The van der Waals surface area contributed by atoms with Crippen molar-refractivity contribution in [3.8, 4) is 0 Å². The van der Waals surface area contributed by atoms with Crippen LogP contribution in [0.25, 0.3) is 10.4 Å². The van der Waals surface area contributed by atoms with Crippen molar-refractivity contribution in [3.05, 3.63) is 59.1 Å². The molecule has 0 heterocycles. The highest BCUT2D eigenvalue weighted by Gasteiger charge is 2.00. The molecular formula is C20H31N3O2. The summed E-state index contributed by atoms with van der Waals surface area (Å²) in [6.45, 7) is 2.04. The highest BCUT2D eigenvalue weighted by molar-refractivity contribution is 5.66. The van der Waals surface area contributed by atoms with E-state index in [2.05, 4.69) is 52.6 Å². The first-order valence-corrected chi connectivity index (χ1v) is 9.06. The minimum absolute atomic E-state index is 0.113. The Hall–Kier alpha value is -2.26. The van der Waals surface area contributed by atoms with E-state index in [9.17, 15) is 4.79 Å². The third-order valence-electron chi connectivity index (χ3n) is 3.60. The van der Waals surface area contributed by atoms with Crippen LogP contribution in [-0.4, -0.2) is 17.1 Å². The average Bonchev–Trinajstić information content (AvgIpc) is 2.60. The molecule has 0 aromatic rings. The van der Waals surface area contributed by atoms with Crippen LogP contribution in [0, 0.1) is 0 Å². The van der Waals surface area contributed by atoms with Crippen LogP contribution in [0.15, 0.2) is 53.7 Å². The van der Waals surface area contributed by atoms with Gasteiger partial charge in [-0.3, -0.25) is 4.79 Å². The molecule has 0 aliphatic carbocycles. The van der Waals surface area contributed by atoms with E-state index in [1.54, 1.807) is 0 Å². The summed E-state index contributed by atoms with van der Waals surface area (Å²) in [4.78, 5) is 13.2. The summed E-state index contributed by atoms with van der Waals surface area (Å²) < 4.78 is 0. The van der Waals surface area contributed by atoms with Gasteiger partial charge in [-0.25, -0.2) is 0 Å². The summed E-state index contributed by atoms with van der Waals surface area (Å²) in [5.41, 5.74) is 8.41. The summed E-state index contributed by atoms with van der Waals surface area (Å²) in [5, 5.41) is 12.3. The van der Waals surface area contributed by atoms with Gasteiger partial charge >= 0.3 is 5.97 Å². The molecule has 5 nitrogen and oxygen atoms in total. The third-order valence-corrected chi connectivity index (χ3v) is 3.60. The maximum Gasteiger partial charge on any atom is 0.303 e. The van der Waals surface area contributed by atoms with Crippen LogP contribution in [0.5, 0.6) is 0 Å². The van der Waals surface area contributed by atoms with Crippen LogP contribution >= 0.6 is 0 Å². The maximum atomic E-state index is 10.3. The third kappa shape index (κ3) is 17.9. The molecule has 0 aromatic carbocycles. The van der Waals surface area contributed by atoms with Gasteiger partial charge in [0.1, 0.15) is 0 Å². The van der Waals surface area contributed by atoms with Crippen molar-refractivity contribution in [1.82, 2.24) is 0 Å². The van der Waals surface area contributed by atoms with Crippen molar-refractivity contribution in [2.24, 2.45) is 5.11 Å². The topological polar surface area (TPSA) is 86.1 Å². The van der Waals surface area contributed by atoms with Gasteiger partial charge in [-0.2, -0.15) is 0 Å². The SMILES string of the molecule is CCC(CC/C=C\C/C=C\C/C=C\C/C=C\CCCC(=O)O)N=[N+]=[N-]. The van der Waals surface area contributed by atoms with Crippen LogP contribution in [-0.2, 0) is 4.79 Å². The standard InChI is InChI=1S/C20H31N3O2/c1-2-19(22-23-21)17-15-13-11-9-7-5-3-4-6-8-10-12-14-16-18-20(24)25/h4-7,10-13,19H,2-3,8-9,14-18H2,1H3,(H,24,25)/b6-4-,7-5-,12-10-,13-11-. The number of aliphatic carboxylic acids is 1. The first-order chi connectivity index (χ1) is 12.2. The lowest BCUT2D eigenvalue weighted by Gasteiger charge is -2.03. The Morgan fingerprint density at radius 3 is 2.00 bits per heavy atom. The molecule has 1 atom stereocenters. The van der Waals surface area contributed by atoms with Crippen LogP contribution in [0.4, 0.5) is 0 Å². The fourth-order valence-electron chi connectivity index (χ4n) is 2.13. The van der Waals surface area contributed by atoms with Crippen molar-refractivity contribution in [2.75, 3.05) is 0 Å². The van der Waals surface area contributed by atoms with Gasteiger partial charge in [-0.1, -0.05) is 60.6 Å². The van der Waals surface area contributed by atoms with Crippen molar-refractivity contribution in [1.29, 1.82) is 0 Å². The number of rotatable bonds is 15. The molecule has 0 rings (SSSR count). The van der Waals surface area contributed by atoms with E-state index < -0.39 is 5.97 Å². The molecule has 0 fully saturated rings. The second-order valence-electron chi connectivity index (χ2n) is 5.72. The lowest BCUT2D eigenvalue weighted by atomic mass is 10.1. The number of carboxylic acids is 1. The molecule has 25 heavy (non-hydrogen) atoms. The predicted octanol–water partition coefficient (Wildman–Crippen LogP) is 6.51. The number of allylic oxidation sites excluding steroid dienone is 8. The first kappa shape index (κ1) is 22.7.